The van der Waals surface area contributed by atoms with Crippen LogP contribution < -0.4 is 0 Å². The van der Waals surface area contributed by atoms with Gasteiger partial charge in [0.15, 0.2) is 0 Å². The highest BCUT2D eigenvalue weighted by Crippen LogP contribution is 2.29. The SMILES string of the molecule is CB(O)N1CCC(Cc2ccc(Sc3cccc(Cl)c3)cn2)CC1. The molecule has 0 bridgehead atoms. The van der Waals surface area contributed by atoms with Crippen LogP contribution in [0.5, 0.6) is 0 Å². The summed E-state index contributed by atoms with van der Waals surface area (Å²) in [5, 5.41) is 10.4. The van der Waals surface area contributed by atoms with E-state index < -0.39 is 0 Å². The van der Waals surface area contributed by atoms with Crippen LogP contribution in [0.15, 0.2) is 52.4 Å². The highest BCUT2D eigenvalue weighted by Gasteiger charge is 2.24. The first-order chi connectivity index (χ1) is 11.6. The molecule has 0 saturated carbocycles. The second kappa shape index (κ2) is 8.39. The van der Waals surface area contributed by atoms with Crippen LogP contribution in [-0.2, 0) is 6.42 Å². The first kappa shape index (κ1) is 17.8. The van der Waals surface area contributed by atoms with E-state index >= 15 is 0 Å². The molecule has 1 saturated heterocycles. The maximum atomic E-state index is 9.62. The molecule has 126 valence electrons. The van der Waals surface area contributed by atoms with E-state index in [1.54, 1.807) is 11.8 Å². The molecule has 0 radical (unpaired) electrons. The van der Waals surface area contributed by atoms with Gasteiger partial charge in [-0.25, -0.2) is 0 Å². The summed E-state index contributed by atoms with van der Waals surface area (Å²) in [5.41, 5.74) is 1.15. The molecule has 0 unspecified atom stereocenters. The minimum Gasteiger partial charge on any atom is -0.437 e. The summed E-state index contributed by atoms with van der Waals surface area (Å²) in [6, 6.07) is 12.1. The number of pyridine rings is 1. The zero-order chi connectivity index (χ0) is 16.9. The maximum Gasteiger partial charge on any atom is 0.376 e. The number of hydrogen-bond donors (Lipinski definition) is 1. The van der Waals surface area contributed by atoms with Crippen LogP contribution in [0, 0.1) is 5.92 Å². The first-order valence-electron chi connectivity index (χ1n) is 8.40. The molecule has 1 fully saturated rings. The molecule has 1 aliphatic heterocycles. The molecular weight excluding hydrogens is 339 g/mol. The molecule has 0 spiro atoms. The zero-order valence-electron chi connectivity index (χ0n) is 13.9. The summed E-state index contributed by atoms with van der Waals surface area (Å²) >= 11 is 7.71. The van der Waals surface area contributed by atoms with Gasteiger partial charge in [-0.05, 0) is 75.4 Å². The number of halogens is 1. The normalized spacial score (nSPS) is 16.3. The van der Waals surface area contributed by atoms with E-state index in [0.29, 0.717) is 5.92 Å². The van der Waals surface area contributed by atoms with Gasteiger partial charge in [0, 0.05) is 26.7 Å². The summed E-state index contributed by atoms with van der Waals surface area (Å²) in [6.07, 6.45) is 5.23. The lowest BCUT2D eigenvalue weighted by Crippen LogP contribution is -2.43. The Morgan fingerprint density at radius 1 is 1.25 bits per heavy atom. The summed E-state index contributed by atoms with van der Waals surface area (Å²) in [7, 11) is -0.327. The Labute approximate surface area is 153 Å². The molecule has 0 aliphatic carbocycles. The van der Waals surface area contributed by atoms with Crippen molar-refractivity contribution in [1.29, 1.82) is 0 Å². The van der Waals surface area contributed by atoms with Crippen molar-refractivity contribution in [3.63, 3.8) is 0 Å². The highest BCUT2D eigenvalue weighted by molar-refractivity contribution is 7.99. The largest absolute Gasteiger partial charge is 0.437 e. The summed E-state index contributed by atoms with van der Waals surface area (Å²) < 4.78 is 0. The van der Waals surface area contributed by atoms with Gasteiger partial charge in [-0.1, -0.05) is 29.4 Å². The number of nitrogens with zero attached hydrogens (tertiary/aromatic N) is 2. The molecular formula is C18H22BClN2OS. The van der Waals surface area contributed by atoms with Crippen LogP contribution in [0.4, 0.5) is 0 Å². The van der Waals surface area contributed by atoms with Crippen molar-refractivity contribution in [2.75, 3.05) is 13.1 Å². The average Bonchev–Trinajstić information content (AvgIpc) is 2.57. The standard InChI is InChI=1S/C18H22BClN2OS/c1-19(23)22-9-7-14(8-10-22)11-16-5-6-18(13-21-16)24-17-4-2-3-15(20)12-17/h2-6,12-14,23H,7-11H2,1H3. The third-order valence-electron chi connectivity index (χ3n) is 4.50. The van der Waals surface area contributed by atoms with Crippen LogP contribution in [0.1, 0.15) is 18.5 Å². The van der Waals surface area contributed by atoms with E-state index in [4.69, 9.17) is 11.6 Å². The fourth-order valence-electron chi connectivity index (χ4n) is 3.09. The smallest absolute Gasteiger partial charge is 0.376 e. The molecule has 0 atom stereocenters. The Morgan fingerprint density at radius 3 is 2.67 bits per heavy atom. The lowest BCUT2D eigenvalue weighted by molar-refractivity contribution is 0.249. The predicted octanol–water partition coefficient (Wildman–Crippen LogP) is 4.25. The van der Waals surface area contributed by atoms with Gasteiger partial charge >= 0.3 is 7.05 Å². The van der Waals surface area contributed by atoms with Crippen molar-refractivity contribution in [3.8, 4) is 0 Å². The first-order valence-corrected chi connectivity index (χ1v) is 9.60. The lowest BCUT2D eigenvalue weighted by Gasteiger charge is -2.32. The van der Waals surface area contributed by atoms with E-state index in [9.17, 15) is 5.02 Å². The van der Waals surface area contributed by atoms with Gasteiger partial charge in [-0.3, -0.25) is 4.98 Å². The van der Waals surface area contributed by atoms with Gasteiger partial charge in [0.1, 0.15) is 0 Å². The van der Waals surface area contributed by atoms with Crippen molar-refractivity contribution < 1.29 is 5.02 Å². The van der Waals surface area contributed by atoms with Crippen LogP contribution in [0.3, 0.4) is 0 Å². The fraction of sp³-hybridized carbons (Fsp3) is 0.389. The lowest BCUT2D eigenvalue weighted by atomic mass is 9.80. The molecule has 2 aromatic rings. The summed E-state index contributed by atoms with van der Waals surface area (Å²) in [5.74, 6) is 0.666. The summed E-state index contributed by atoms with van der Waals surface area (Å²) in [4.78, 5) is 9.02. The van der Waals surface area contributed by atoms with E-state index in [0.717, 1.165) is 52.9 Å². The summed E-state index contributed by atoms with van der Waals surface area (Å²) in [6.45, 7) is 3.80. The number of piperidine rings is 1. The molecule has 1 aromatic carbocycles. The van der Waals surface area contributed by atoms with Gasteiger partial charge in [0.2, 0.25) is 0 Å². The molecule has 3 nitrogen and oxygen atoms in total. The quantitative estimate of drug-likeness (QED) is 0.809. The Bertz CT molecular complexity index is 660. The van der Waals surface area contributed by atoms with E-state index in [1.807, 2.05) is 31.2 Å². The van der Waals surface area contributed by atoms with E-state index in [2.05, 4.69) is 28.0 Å². The van der Waals surface area contributed by atoms with Gasteiger partial charge in [-0.2, -0.15) is 0 Å². The number of benzene rings is 1. The fourth-order valence-corrected chi connectivity index (χ4v) is 4.19. The molecule has 2 heterocycles. The Morgan fingerprint density at radius 2 is 2.04 bits per heavy atom. The zero-order valence-corrected chi connectivity index (χ0v) is 15.4. The van der Waals surface area contributed by atoms with Crippen LogP contribution in [0.2, 0.25) is 11.8 Å². The van der Waals surface area contributed by atoms with E-state index in [-0.39, 0.29) is 7.05 Å². The Balaban J connectivity index is 1.53. The van der Waals surface area contributed by atoms with Gasteiger partial charge in [0.05, 0.1) is 0 Å². The maximum absolute atomic E-state index is 9.62. The van der Waals surface area contributed by atoms with Crippen molar-refractivity contribution >= 4 is 30.4 Å². The average molecular weight is 361 g/mol. The predicted molar refractivity (Wildman–Crippen MR) is 102 cm³/mol. The highest BCUT2D eigenvalue weighted by atomic mass is 35.5. The van der Waals surface area contributed by atoms with Gasteiger partial charge in [-0.15, -0.1) is 0 Å². The molecule has 3 rings (SSSR count). The van der Waals surface area contributed by atoms with E-state index in [1.165, 1.54) is 0 Å². The minimum atomic E-state index is -0.327. The minimum absolute atomic E-state index is 0.327. The molecule has 1 aliphatic rings. The third-order valence-corrected chi connectivity index (χ3v) is 5.71. The topological polar surface area (TPSA) is 36.4 Å². The van der Waals surface area contributed by atoms with Crippen LogP contribution in [0.25, 0.3) is 0 Å². The van der Waals surface area contributed by atoms with Gasteiger partial charge in [0.25, 0.3) is 0 Å². The molecule has 24 heavy (non-hydrogen) atoms. The molecule has 6 heteroatoms. The number of aromatic nitrogens is 1. The second-order valence-electron chi connectivity index (χ2n) is 6.36. The van der Waals surface area contributed by atoms with Crippen molar-refractivity contribution in [2.45, 2.75) is 35.9 Å². The van der Waals surface area contributed by atoms with Crippen molar-refractivity contribution in [1.82, 2.24) is 9.79 Å². The molecule has 1 aromatic heterocycles. The Hall–Kier alpha value is -1.01. The van der Waals surface area contributed by atoms with Crippen molar-refractivity contribution in [3.05, 3.63) is 53.3 Å². The second-order valence-corrected chi connectivity index (χ2v) is 7.94. The molecule has 1 N–H and O–H groups in total. The van der Waals surface area contributed by atoms with Crippen LogP contribution in [-0.4, -0.2) is 35.0 Å². The number of rotatable bonds is 5. The van der Waals surface area contributed by atoms with Gasteiger partial charge < -0.3 is 9.83 Å². The monoisotopic (exact) mass is 360 g/mol. The van der Waals surface area contributed by atoms with Crippen molar-refractivity contribution in [2.24, 2.45) is 5.92 Å². The third kappa shape index (κ3) is 4.99. The number of hydrogen-bond acceptors (Lipinski definition) is 4. The Kier molecular flexibility index (Phi) is 6.22. The molecule has 0 amide bonds. The van der Waals surface area contributed by atoms with Crippen LogP contribution >= 0.6 is 23.4 Å².